The summed E-state index contributed by atoms with van der Waals surface area (Å²) in [7, 11) is 0. The molecular weight excluding hydrogens is 368 g/mol. The normalized spacial score (nSPS) is 10.9. The summed E-state index contributed by atoms with van der Waals surface area (Å²) < 4.78 is 1.58. The number of aryl methyl sites for hydroxylation is 1. The number of aromatic hydroxyl groups is 1. The molecule has 29 heavy (non-hydrogen) atoms. The van der Waals surface area contributed by atoms with Gasteiger partial charge in [0.2, 0.25) is 0 Å². The quantitative estimate of drug-likeness (QED) is 0.416. The van der Waals surface area contributed by atoms with Crippen LogP contribution >= 0.6 is 0 Å². The van der Waals surface area contributed by atoms with Gasteiger partial charge in [-0.15, -0.1) is 0 Å². The predicted molar refractivity (Wildman–Crippen MR) is 112 cm³/mol. The zero-order valence-electron chi connectivity index (χ0n) is 15.8. The number of nitrogens with two attached hydrogens (primary N) is 2. The number of primary amides is 1. The summed E-state index contributed by atoms with van der Waals surface area (Å²) in [6, 6.07) is 14.7. The molecule has 0 unspecified atom stereocenters. The maximum atomic E-state index is 12.1. The summed E-state index contributed by atoms with van der Waals surface area (Å²) in [5.41, 5.74) is 15.2. The van der Waals surface area contributed by atoms with Crippen molar-refractivity contribution in [2.45, 2.75) is 13.5 Å². The lowest BCUT2D eigenvalue weighted by atomic mass is 10.2. The lowest BCUT2D eigenvalue weighted by Gasteiger charge is -2.11. The Hall–Kier alpha value is -4.07. The Morgan fingerprint density at radius 1 is 1.21 bits per heavy atom. The summed E-state index contributed by atoms with van der Waals surface area (Å²) in [6.45, 7) is 2.42. The van der Waals surface area contributed by atoms with Crippen molar-refractivity contribution >= 4 is 28.7 Å². The number of benzene rings is 2. The van der Waals surface area contributed by atoms with Crippen LogP contribution in [0, 0.1) is 6.92 Å². The molecule has 2 aromatic carbocycles. The van der Waals surface area contributed by atoms with E-state index in [1.807, 2.05) is 37.3 Å². The van der Waals surface area contributed by atoms with Gasteiger partial charge in [0.25, 0.3) is 5.91 Å². The van der Waals surface area contributed by atoms with E-state index in [0.717, 1.165) is 11.1 Å². The Labute approximate surface area is 166 Å². The number of nitrogens with zero attached hydrogens (tertiary/aromatic N) is 3. The highest BCUT2D eigenvalue weighted by molar-refractivity contribution is 6.09. The van der Waals surface area contributed by atoms with Gasteiger partial charge >= 0.3 is 0 Å². The molecule has 0 atom stereocenters. The minimum atomic E-state index is -0.696. The molecule has 0 bridgehead atoms. The molecule has 0 saturated carbocycles. The standard InChI is InChI=1S/C21H20N6O2/c1-12-7-8-14(28)9-15(12)27-19(22)17(20(23)29)18-21(27)25-11-16(26-18)24-10-13-5-3-2-4-6-13/h2-9,11,28H,10,22H2,1H3,(H2,23,29)(H,24,26). The van der Waals surface area contributed by atoms with Crippen LogP contribution in [0.15, 0.2) is 54.7 Å². The fourth-order valence-electron chi connectivity index (χ4n) is 3.26. The van der Waals surface area contributed by atoms with E-state index in [4.69, 9.17) is 11.5 Å². The number of rotatable bonds is 5. The Kier molecular flexibility index (Phi) is 4.52. The fourth-order valence-corrected chi connectivity index (χ4v) is 3.26. The van der Waals surface area contributed by atoms with E-state index in [9.17, 15) is 9.90 Å². The van der Waals surface area contributed by atoms with Crippen LogP contribution in [0.4, 0.5) is 11.6 Å². The van der Waals surface area contributed by atoms with Crippen LogP contribution in [-0.4, -0.2) is 25.5 Å². The van der Waals surface area contributed by atoms with Crippen LogP contribution in [0.5, 0.6) is 5.75 Å². The molecule has 4 rings (SSSR count). The largest absolute Gasteiger partial charge is 0.508 e. The monoisotopic (exact) mass is 388 g/mol. The van der Waals surface area contributed by atoms with Crippen molar-refractivity contribution in [1.82, 2.24) is 14.5 Å². The molecule has 6 N–H and O–H groups in total. The topological polar surface area (TPSA) is 132 Å². The Bertz CT molecular complexity index is 1220. The van der Waals surface area contributed by atoms with Gasteiger partial charge in [0.05, 0.1) is 11.9 Å². The minimum absolute atomic E-state index is 0.0709. The molecule has 8 heteroatoms. The van der Waals surface area contributed by atoms with Crippen molar-refractivity contribution in [3.63, 3.8) is 0 Å². The van der Waals surface area contributed by atoms with Gasteiger partial charge < -0.3 is 21.9 Å². The van der Waals surface area contributed by atoms with Crippen molar-refractivity contribution < 1.29 is 9.90 Å². The molecule has 2 heterocycles. The number of nitrogens with one attached hydrogen (secondary N) is 1. The first kappa shape index (κ1) is 18.3. The van der Waals surface area contributed by atoms with Crippen molar-refractivity contribution in [3.05, 3.63) is 71.4 Å². The van der Waals surface area contributed by atoms with E-state index >= 15 is 0 Å². The van der Waals surface area contributed by atoms with E-state index in [0.29, 0.717) is 29.2 Å². The van der Waals surface area contributed by atoms with Crippen molar-refractivity contribution in [3.8, 4) is 11.4 Å². The van der Waals surface area contributed by atoms with Crippen LogP contribution in [0.1, 0.15) is 21.5 Å². The number of fused-ring (bicyclic) bond motifs is 1. The zero-order valence-corrected chi connectivity index (χ0v) is 15.8. The van der Waals surface area contributed by atoms with Crippen LogP contribution in [0.25, 0.3) is 16.9 Å². The molecule has 2 aromatic heterocycles. The summed E-state index contributed by atoms with van der Waals surface area (Å²) in [5, 5.41) is 13.1. The van der Waals surface area contributed by atoms with Crippen molar-refractivity contribution in [2.24, 2.45) is 5.73 Å². The second-order valence-corrected chi connectivity index (χ2v) is 6.70. The first-order valence-electron chi connectivity index (χ1n) is 9.00. The maximum absolute atomic E-state index is 12.1. The molecular formula is C21H20N6O2. The number of anilines is 2. The third-order valence-corrected chi connectivity index (χ3v) is 4.70. The van der Waals surface area contributed by atoms with Gasteiger partial charge in [-0.05, 0) is 24.1 Å². The molecule has 0 fully saturated rings. The van der Waals surface area contributed by atoms with Gasteiger partial charge in [0, 0.05) is 12.6 Å². The molecule has 8 nitrogen and oxygen atoms in total. The predicted octanol–water partition coefficient (Wildman–Crippen LogP) is 2.73. The smallest absolute Gasteiger partial charge is 0.254 e. The summed E-state index contributed by atoms with van der Waals surface area (Å²) in [4.78, 5) is 21.1. The zero-order chi connectivity index (χ0) is 20.5. The SMILES string of the molecule is Cc1ccc(O)cc1-n1c(N)c(C(N)=O)c2nc(NCc3ccccc3)cnc21. The third kappa shape index (κ3) is 3.31. The van der Waals surface area contributed by atoms with Gasteiger partial charge in [-0.25, -0.2) is 9.97 Å². The lowest BCUT2D eigenvalue weighted by molar-refractivity contribution is 0.100. The highest BCUT2D eigenvalue weighted by Crippen LogP contribution is 2.32. The van der Waals surface area contributed by atoms with Crippen molar-refractivity contribution in [2.75, 3.05) is 11.1 Å². The Morgan fingerprint density at radius 3 is 2.69 bits per heavy atom. The average molecular weight is 388 g/mol. The Morgan fingerprint density at radius 2 is 1.97 bits per heavy atom. The van der Waals surface area contributed by atoms with Crippen LogP contribution in [0.2, 0.25) is 0 Å². The molecule has 146 valence electrons. The van der Waals surface area contributed by atoms with E-state index < -0.39 is 5.91 Å². The summed E-state index contributed by atoms with van der Waals surface area (Å²) >= 11 is 0. The highest BCUT2D eigenvalue weighted by Gasteiger charge is 2.23. The van der Waals surface area contributed by atoms with Crippen molar-refractivity contribution in [1.29, 1.82) is 0 Å². The Balaban J connectivity index is 1.83. The fraction of sp³-hybridized carbons (Fsp3) is 0.0952. The van der Waals surface area contributed by atoms with Crippen LogP contribution in [0.3, 0.4) is 0 Å². The molecule has 0 aliphatic heterocycles. The van der Waals surface area contributed by atoms with Gasteiger partial charge in [-0.1, -0.05) is 36.4 Å². The number of aromatic nitrogens is 3. The molecule has 1 amide bonds. The van der Waals surface area contributed by atoms with Crippen LogP contribution < -0.4 is 16.8 Å². The minimum Gasteiger partial charge on any atom is -0.508 e. The number of phenols is 1. The van der Waals surface area contributed by atoms with E-state index in [2.05, 4.69) is 15.3 Å². The third-order valence-electron chi connectivity index (χ3n) is 4.70. The lowest BCUT2D eigenvalue weighted by Crippen LogP contribution is -2.14. The van der Waals surface area contributed by atoms with E-state index in [1.54, 1.807) is 29.0 Å². The number of carbonyl (C=O) groups is 1. The molecule has 4 aromatic rings. The van der Waals surface area contributed by atoms with E-state index in [1.165, 1.54) is 0 Å². The first-order valence-corrected chi connectivity index (χ1v) is 9.00. The number of hydrogen-bond donors (Lipinski definition) is 4. The number of hydrogen-bond acceptors (Lipinski definition) is 6. The molecule has 0 aliphatic carbocycles. The maximum Gasteiger partial charge on any atom is 0.254 e. The second-order valence-electron chi connectivity index (χ2n) is 6.70. The van der Waals surface area contributed by atoms with E-state index in [-0.39, 0.29) is 17.1 Å². The highest BCUT2D eigenvalue weighted by atomic mass is 16.3. The van der Waals surface area contributed by atoms with Gasteiger partial charge in [0.1, 0.15) is 28.5 Å². The first-order chi connectivity index (χ1) is 14.0. The second kappa shape index (κ2) is 7.16. The molecule has 0 radical (unpaired) electrons. The number of phenolic OH excluding ortho intramolecular Hbond substituents is 1. The van der Waals surface area contributed by atoms with Gasteiger partial charge in [-0.2, -0.15) is 0 Å². The molecule has 0 aliphatic rings. The van der Waals surface area contributed by atoms with Crippen LogP contribution in [-0.2, 0) is 6.54 Å². The average Bonchev–Trinajstić information content (AvgIpc) is 3.00. The molecule has 0 saturated heterocycles. The van der Waals surface area contributed by atoms with Gasteiger partial charge in [0.15, 0.2) is 5.65 Å². The number of nitrogen functional groups attached to an aromatic ring is 1. The number of amides is 1. The number of carbonyl (C=O) groups excluding carboxylic acids is 1. The van der Waals surface area contributed by atoms with Gasteiger partial charge in [-0.3, -0.25) is 9.36 Å². The summed E-state index contributed by atoms with van der Waals surface area (Å²) in [5.74, 6) is -0.00445. The molecule has 0 spiro atoms. The summed E-state index contributed by atoms with van der Waals surface area (Å²) in [6.07, 6.45) is 1.57.